The summed E-state index contributed by atoms with van der Waals surface area (Å²) in [5.74, 6) is 1.78. The molecule has 7 nitrogen and oxygen atoms in total. The summed E-state index contributed by atoms with van der Waals surface area (Å²) in [5.41, 5.74) is 1.94. The first-order valence-electron chi connectivity index (χ1n) is 8.46. The van der Waals surface area contributed by atoms with Gasteiger partial charge in [-0.3, -0.25) is 4.79 Å². The van der Waals surface area contributed by atoms with Crippen molar-refractivity contribution in [3.8, 4) is 33.7 Å². The van der Waals surface area contributed by atoms with Crippen molar-refractivity contribution in [2.75, 3.05) is 12.1 Å². The van der Waals surface area contributed by atoms with Crippen LogP contribution in [0.25, 0.3) is 22.2 Å². The van der Waals surface area contributed by atoms with Crippen LogP contribution < -0.4 is 14.8 Å². The Balaban J connectivity index is 1.39. The number of anilines is 1. The van der Waals surface area contributed by atoms with E-state index in [4.69, 9.17) is 14.0 Å². The molecule has 5 rings (SSSR count). The van der Waals surface area contributed by atoms with Crippen LogP contribution in [0, 0.1) is 0 Å². The maximum atomic E-state index is 12.7. The largest absolute Gasteiger partial charge is 0.454 e. The molecule has 1 aliphatic heterocycles. The first kappa shape index (κ1) is 16.5. The molecular formula is C20H13N3O4S. The van der Waals surface area contributed by atoms with E-state index >= 15 is 0 Å². The average molecular weight is 391 g/mol. The van der Waals surface area contributed by atoms with E-state index in [0.717, 1.165) is 5.56 Å². The number of hydrogen-bond donors (Lipinski definition) is 1. The van der Waals surface area contributed by atoms with E-state index < -0.39 is 0 Å². The SMILES string of the molecule is O=C(Nc1ccsc1-c1nc(-c2ccccc2)no1)c1ccc2c(c1)OCO2. The zero-order valence-electron chi connectivity index (χ0n) is 14.4. The van der Waals surface area contributed by atoms with Crippen molar-refractivity contribution in [1.82, 2.24) is 10.1 Å². The number of carbonyl (C=O) groups is 1. The van der Waals surface area contributed by atoms with Crippen molar-refractivity contribution in [3.05, 3.63) is 65.5 Å². The Morgan fingerprint density at radius 3 is 2.79 bits per heavy atom. The molecule has 138 valence electrons. The van der Waals surface area contributed by atoms with Crippen LogP contribution in [-0.2, 0) is 0 Å². The maximum Gasteiger partial charge on any atom is 0.270 e. The minimum Gasteiger partial charge on any atom is -0.454 e. The molecule has 1 aliphatic rings. The number of nitrogens with zero attached hydrogens (tertiary/aromatic N) is 2. The van der Waals surface area contributed by atoms with Gasteiger partial charge in [-0.05, 0) is 29.6 Å². The number of benzene rings is 2. The molecule has 1 N–H and O–H groups in total. The molecule has 0 saturated heterocycles. The highest BCUT2D eigenvalue weighted by Crippen LogP contribution is 2.35. The molecule has 0 aliphatic carbocycles. The zero-order valence-corrected chi connectivity index (χ0v) is 15.2. The van der Waals surface area contributed by atoms with E-state index in [-0.39, 0.29) is 12.7 Å². The van der Waals surface area contributed by atoms with Crippen LogP contribution in [0.15, 0.2) is 64.5 Å². The van der Waals surface area contributed by atoms with Crippen LogP contribution in [0.4, 0.5) is 5.69 Å². The lowest BCUT2D eigenvalue weighted by Crippen LogP contribution is -2.11. The molecule has 28 heavy (non-hydrogen) atoms. The Morgan fingerprint density at radius 2 is 1.89 bits per heavy atom. The molecule has 1 amide bonds. The van der Waals surface area contributed by atoms with Crippen LogP contribution in [-0.4, -0.2) is 22.8 Å². The number of rotatable bonds is 4. The molecule has 0 unspecified atom stereocenters. The van der Waals surface area contributed by atoms with Gasteiger partial charge in [0.05, 0.1) is 5.69 Å². The molecule has 2 aromatic heterocycles. The summed E-state index contributed by atoms with van der Waals surface area (Å²) in [7, 11) is 0. The number of amides is 1. The average Bonchev–Trinajstić information content (AvgIpc) is 3.48. The summed E-state index contributed by atoms with van der Waals surface area (Å²) < 4.78 is 16.0. The van der Waals surface area contributed by atoms with Gasteiger partial charge in [0.25, 0.3) is 11.8 Å². The number of ether oxygens (including phenoxy) is 2. The standard InChI is InChI=1S/C20H13N3O4S/c24-19(13-6-7-15-16(10-13)26-11-25-15)21-14-8-9-28-17(14)20-22-18(23-27-20)12-4-2-1-3-5-12/h1-10H,11H2,(H,21,24). The summed E-state index contributed by atoms with van der Waals surface area (Å²) in [6, 6.07) is 16.4. The van der Waals surface area contributed by atoms with Gasteiger partial charge in [0.1, 0.15) is 4.88 Å². The number of hydrogen-bond acceptors (Lipinski definition) is 7. The Hall–Kier alpha value is -3.65. The second-order valence-corrected chi connectivity index (χ2v) is 6.89. The molecule has 0 fully saturated rings. The van der Waals surface area contributed by atoms with Crippen LogP contribution >= 0.6 is 11.3 Å². The molecule has 0 spiro atoms. The highest BCUT2D eigenvalue weighted by atomic mass is 32.1. The third-order valence-corrected chi connectivity index (χ3v) is 5.10. The van der Waals surface area contributed by atoms with Gasteiger partial charge in [-0.25, -0.2) is 0 Å². The van der Waals surface area contributed by atoms with Gasteiger partial charge in [0.2, 0.25) is 12.6 Å². The predicted molar refractivity (Wildman–Crippen MR) is 104 cm³/mol. The van der Waals surface area contributed by atoms with Crippen LogP contribution in [0.1, 0.15) is 10.4 Å². The molecule has 4 aromatic rings. The Morgan fingerprint density at radius 1 is 1.04 bits per heavy atom. The number of aromatic nitrogens is 2. The Bertz CT molecular complexity index is 1150. The molecule has 2 aromatic carbocycles. The Labute approximate surface area is 163 Å². The van der Waals surface area contributed by atoms with E-state index in [1.165, 1.54) is 11.3 Å². The maximum absolute atomic E-state index is 12.7. The minimum atomic E-state index is -0.263. The Kier molecular flexibility index (Phi) is 4.02. The third-order valence-electron chi connectivity index (χ3n) is 4.20. The van der Waals surface area contributed by atoms with Crippen molar-refractivity contribution in [3.63, 3.8) is 0 Å². The van der Waals surface area contributed by atoms with E-state index in [9.17, 15) is 4.79 Å². The highest BCUT2D eigenvalue weighted by molar-refractivity contribution is 7.14. The quantitative estimate of drug-likeness (QED) is 0.553. The molecule has 0 bridgehead atoms. The number of carbonyl (C=O) groups excluding carboxylic acids is 1. The van der Waals surface area contributed by atoms with E-state index in [0.29, 0.717) is 39.3 Å². The van der Waals surface area contributed by atoms with Crippen LogP contribution in [0.2, 0.25) is 0 Å². The third kappa shape index (κ3) is 2.99. The van der Waals surface area contributed by atoms with Gasteiger partial charge in [0, 0.05) is 11.1 Å². The summed E-state index contributed by atoms with van der Waals surface area (Å²) >= 11 is 1.41. The monoisotopic (exact) mass is 391 g/mol. The van der Waals surface area contributed by atoms with E-state index in [1.807, 2.05) is 35.7 Å². The van der Waals surface area contributed by atoms with Gasteiger partial charge in [0.15, 0.2) is 11.5 Å². The van der Waals surface area contributed by atoms with Gasteiger partial charge in [-0.1, -0.05) is 35.5 Å². The summed E-state index contributed by atoms with van der Waals surface area (Å²) in [4.78, 5) is 17.8. The normalized spacial score (nSPS) is 12.1. The van der Waals surface area contributed by atoms with Crippen molar-refractivity contribution < 1.29 is 18.8 Å². The number of nitrogens with one attached hydrogen (secondary N) is 1. The summed E-state index contributed by atoms with van der Waals surface area (Å²) in [6.45, 7) is 0.163. The lowest BCUT2D eigenvalue weighted by molar-refractivity contribution is 0.102. The van der Waals surface area contributed by atoms with Crippen LogP contribution in [0.5, 0.6) is 11.5 Å². The molecule has 0 radical (unpaired) electrons. The fourth-order valence-electron chi connectivity index (χ4n) is 2.83. The van der Waals surface area contributed by atoms with E-state index in [2.05, 4.69) is 15.5 Å². The van der Waals surface area contributed by atoms with Crippen molar-refractivity contribution in [2.24, 2.45) is 0 Å². The fourth-order valence-corrected chi connectivity index (χ4v) is 3.60. The van der Waals surface area contributed by atoms with E-state index in [1.54, 1.807) is 24.3 Å². The fraction of sp³-hybridized carbons (Fsp3) is 0.0500. The lowest BCUT2D eigenvalue weighted by atomic mass is 10.2. The number of thiophene rings is 1. The molecule has 8 heteroatoms. The number of fused-ring (bicyclic) bond motifs is 1. The van der Waals surface area contributed by atoms with Gasteiger partial charge in [-0.15, -0.1) is 11.3 Å². The minimum absolute atomic E-state index is 0.163. The summed E-state index contributed by atoms with van der Waals surface area (Å²) in [5, 5.41) is 8.79. The lowest BCUT2D eigenvalue weighted by Gasteiger charge is -2.05. The molecular weight excluding hydrogens is 378 g/mol. The smallest absolute Gasteiger partial charge is 0.270 e. The molecule has 3 heterocycles. The first-order valence-corrected chi connectivity index (χ1v) is 9.34. The highest BCUT2D eigenvalue weighted by Gasteiger charge is 2.20. The van der Waals surface area contributed by atoms with Crippen molar-refractivity contribution >= 4 is 22.9 Å². The first-order chi connectivity index (χ1) is 13.8. The van der Waals surface area contributed by atoms with Gasteiger partial charge >= 0.3 is 0 Å². The molecule has 0 saturated carbocycles. The second kappa shape index (κ2) is 6.82. The van der Waals surface area contributed by atoms with Crippen molar-refractivity contribution in [2.45, 2.75) is 0 Å². The molecule has 0 atom stereocenters. The second-order valence-electron chi connectivity index (χ2n) is 5.97. The topological polar surface area (TPSA) is 86.5 Å². The van der Waals surface area contributed by atoms with Crippen LogP contribution in [0.3, 0.4) is 0 Å². The summed E-state index contributed by atoms with van der Waals surface area (Å²) in [6.07, 6.45) is 0. The van der Waals surface area contributed by atoms with Gasteiger partial charge in [-0.2, -0.15) is 4.98 Å². The predicted octanol–water partition coefficient (Wildman–Crippen LogP) is 4.45. The van der Waals surface area contributed by atoms with Gasteiger partial charge < -0.3 is 19.3 Å². The zero-order chi connectivity index (χ0) is 18.9. The van der Waals surface area contributed by atoms with Crippen molar-refractivity contribution in [1.29, 1.82) is 0 Å².